The Hall–Kier alpha value is -12.1. The molecule has 1 aliphatic carbocycles. The number of thiophene rings is 1. The first kappa shape index (κ1) is 56.6. The Morgan fingerprint density at radius 3 is 1.31 bits per heavy atom. The van der Waals surface area contributed by atoms with Crippen molar-refractivity contribution in [3.8, 4) is 101 Å². The Bertz CT molecular complexity index is 6000. The van der Waals surface area contributed by atoms with Crippen LogP contribution in [0.3, 0.4) is 0 Å². The normalized spacial score (nSPS) is 12.4. The molecular formula is C90H61N5S. The zero-order chi connectivity index (χ0) is 63.8. The van der Waals surface area contributed by atoms with Gasteiger partial charge in [0.25, 0.3) is 0 Å². The summed E-state index contributed by atoms with van der Waals surface area (Å²) in [5, 5.41) is 7.74. The van der Waals surface area contributed by atoms with Gasteiger partial charge in [-0.1, -0.05) is 275 Å². The van der Waals surface area contributed by atoms with Gasteiger partial charge in [0.1, 0.15) is 0 Å². The summed E-state index contributed by atoms with van der Waals surface area (Å²) < 4.78 is 7.50. The fourth-order valence-corrected chi connectivity index (χ4v) is 16.0. The highest BCUT2D eigenvalue weighted by molar-refractivity contribution is 7.26. The Kier molecular flexibility index (Phi) is 13.7. The van der Waals surface area contributed by atoms with Crippen LogP contribution in [0.2, 0.25) is 0 Å². The van der Waals surface area contributed by atoms with Gasteiger partial charge in [0.2, 0.25) is 0 Å². The third-order valence-corrected chi connectivity index (χ3v) is 20.7. The minimum absolute atomic E-state index is 0.130. The van der Waals surface area contributed by atoms with E-state index >= 15 is 0 Å². The van der Waals surface area contributed by atoms with Crippen molar-refractivity contribution in [1.82, 2.24) is 24.1 Å². The van der Waals surface area contributed by atoms with Gasteiger partial charge in [0.05, 0.1) is 32.5 Å². The summed E-state index contributed by atoms with van der Waals surface area (Å²) in [6, 6.07) is 120. The maximum absolute atomic E-state index is 5.17. The van der Waals surface area contributed by atoms with Crippen molar-refractivity contribution in [3.05, 3.63) is 345 Å². The van der Waals surface area contributed by atoms with Crippen LogP contribution < -0.4 is 0 Å². The van der Waals surface area contributed by atoms with E-state index in [0.717, 1.165) is 38.9 Å². The van der Waals surface area contributed by atoms with Crippen LogP contribution in [0.5, 0.6) is 0 Å². The molecule has 0 unspecified atom stereocenters. The molecule has 5 nitrogen and oxygen atoms in total. The van der Waals surface area contributed by atoms with Gasteiger partial charge in [0.15, 0.2) is 17.5 Å². The van der Waals surface area contributed by atoms with Crippen LogP contribution in [-0.4, -0.2) is 24.1 Å². The molecule has 0 aliphatic heterocycles. The molecule has 0 N–H and O–H groups in total. The molecule has 0 bridgehead atoms. The third kappa shape index (κ3) is 9.72. The zero-order valence-electron chi connectivity index (χ0n) is 52.9. The Balaban J connectivity index is 0.000000141. The summed E-state index contributed by atoms with van der Waals surface area (Å²) in [6.45, 7) is 4.61. The van der Waals surface area contributed by atoms with Crippen molar-refractivity contribution in [2.45, 2.75) is 19.3 Å². The van der Waals surface area contributed by atoms with E-state index in [1.54, 1.807) is 0 Å². The largest absolute Gasteiger partial charge is 0.309 e. The fraction of sp³-hybridized carbons (Fsp3) is 0.0333. The Morgan fingerprint density at radius 2 is 0.667 bits per heavy atom. The lowest BCUT2D eigenvalue weighted by molar-refractivity contribution is 0.660. The number of rotatable bonds is 9. The number of hydrogen-bond acceptors (Lipinski definition) is 4. The van der Waals surface area contributed by atoms with Crippen molar-refractivity contribution in [2.24, 2.45) is 0 Å². The minimum Gasteiger partial charge on any atom is -0.309 e. The average Bonchev–Trinajstić information content (AvgIpc) is 1.59. The van der Waals surface area contributed by atoms with E-state index in [1.165, 1.54) is 120 Å². The summed E-state index contributed by atoms with van der Waals surface area (Å²) in [5.74, 6) is 1.95. The van der Waals surface area contributed by atoms with Crippen LogP contribution in [0, 0.1) is 0 Å². The Labute approximate surface area is 560 Å². The molecule has 19 rings (SSSR count). The summed E-state index contributed by atoms with van der Waals surface area (Å²) in [6.07, 6.45) is 0. The average molecular weight is 1240 g/mol. The maximum Gasteiger partial charge on any atom is 0.164 e. The van der Waals surface area contributed by atoms with Gasteiger partial charge in [-0.05, 0) is 140 Å². The number of hydrogen-bond donors (Lipinski definition) is 0. The molecule has 0 radical (unpaired) electrons. The highest BCUT2D eigenvalue weighted by atomic mass is 32.1. The molecule has 0 fully saturated rings. The highest BCUT2D eigenvalue weighted by Gasteiger charge is 2.35. The molecule has 14 aromatic carbocycles. The van der Waals surface area contributed by atoms with Crippen molar-refractivity contribution in [1.29, 1.82) is 0 Å². The molecule has 4 heterocycles. The lowest BCUT2D eigenvalue weighted by atomic mass is 9.82. The zero-order valence-corrected chi connectivity index (χ0v) is 53.7. The van der Waals surface area contributed by atoms with Gasteiger partial charge in [-0.2, -0.15) is 0 Å². The van der Waals surface area contributed by atoms with E-state index in [1.807, 2.05) is 23.5 Å². The number of fused-ring (bicyclic) bond motifs is 12. The molecule has 452 valence electrons. The van der Waals surface area contributed by atoms with E-state index in [2.05, 4.69) is 344 Å². The van der Waals surface area contributed by atoms with Gasteiger partial charge in [0, 0.05) is 64.8 Å². The highest BCUT2D eigenvalue weighted by Crippen LogP contribution is 2.50. The molecule has 0 spiro atoms. The molecule has 0 amide bonds. The fourth-order valence-electron chi connectivity index (χ4n) is 14.7. The van der Waals surface area contributed by atoms with Crippen LogP contribution in [0.1, 0.15) is 25.0 Å². The van der Waals surface area contributed by atoms with Crippen LogP contribution in [0.15, 0.2) is 334 Å². The summed E-state index contributed by atoms with van der Waals surface area (Å²) in [7, 11) is 0. The molecule has 18 aromatic rings. The molecular weight excluding hydrogens is 1180 g/mol. The first-order valence-electron chi connectivity index (χ1n) is 32.8. The van der Waals surface area contributed by atoms with Gasteiger partial charge >= 0.3 is 0 Å². The first-order chi connectivity index (χ1) is 47.3. The van der Waals surface area contributed by atoms with E-state index < -0.39 is 0 Å². The molecule has 0 atom stereocenters. The molecule has 4 aromatic heterocycles. The topological polar surface area (TPSA) is 48.5 Å². The van der Waals surface area contributed by atoms with Crippen LogP contribution in [-0.2, 0) is 5.41 Å². The van der Waals surface area contributed by atoms with Gasteiger partial charge in [-0.25, -0.2) is 15.0 Å². The van der Waals surface area contributed by atoms with Gasteiger partial charge < -0.3 is 9.13 Å². The van der Waals surface area contributed by atoms with Gasteiger partial charge in [-0.15, -0.1) is 11.3 Å². The van der Waals surface area contributed by atoms with Crippen molar-refractivity contribution < 1.29 is 0 Å². The SMILES string of the molecule is CC1(C)c2ccccc2-c2ccc(-c3nc(-c4cccc(-c5ccccc5)c4)nc(-c4cccc(-c5ccc(-c6ccccc6)cc5)c4)n3)cc21.c1cc(-c2ccc3c(c2)c2ccccc2n3-c2cccc3c2sc2ccccc23)cc(-n2c3ccccc3c3ccccc32)c1. The van der Waals surface area contributed by atoms with E-state index in [-0.39, 0.29) is 5.41 Å². The molecule has 0 saturated heterocycles. The van der Waals surface area contributed by atoms with Gasteiger partial charge in [-0.3, -0.25) is 0 Å². The predicted molar refractivity (Wildman–Crippen MR) is 403 cm³/mol. The number of para-hydroxylation sites is 3. The maximum atomic E-state index is 5.17. The van der Waals surface area contributed by atoms with Crippen LogP contribution in [0.25, 0.3) is 165 Å². The molecule has 0 saturated carbocycles. The van der Waals surface area contributed by atoms with E-state index in [4.69, 9.17) is 15.0 Å². The first-order valence-corrected chi connectivity index (χ1v) is 33.6. The lowest BCUT2D eigenvalue weighted by Gasteiger charge is -2.21. The van der Waals surface area contributed by atoms with E-state index in [0.29, 0.717) is 17.5 Å². The summed E-state index contributed by atoms with van der Waals surface area (Å²) in [4.78, 5) is 15.5. The number of benzene rings is 14. The van der Waals surface area contributed by atoms with Crippen LogP contribution in [0.4, 0.5) is 0 Å². The summed E-state index contributed by atoms with van der Waals surface area (Å²) >= 11 is 1.88. The number of aromatic nitrogens is 5. The Morgan fingerprint density at radius 1 is 0.260 bits per heavy atom. The molecule has 1 aliphatic rings. The minimum atomic E-state index is -0.130. The van der Waals surface area contributed by atoms with E-state index in [9.17, 15) is 0 Å². The van der Waals surface area contributed by atoms with Crippen molar-refractivity contribution in [2.75, 3.05) is 0 Å². The second kappa shape index (κ2) is 23.2. The predicted octanol–water partition coefficient (Wildman–Crippen LogP) is 24.1. The second-order valence-electron chi connectivity index (χ2n) is 25.5. The smallest absolute Gasteiger partial charge is 0.164 e. The monoisotopic (exact) mass is 1240 g/mol. The summed E-state index contributed by atoms with van der Waals surface area (Å²) in [5.41, 5.74) is 24.6. The quantitative estimate of drug-likeness (QED) is 0.145. The molecule has 96 heavy (non-hydrogen) atoms. The number of nitrogens with zero attached hydrogens (tertiary/aromatic N) is 5. The standard InChI is InChI=1S/C48H35N3.C42H26N2S/c1-48(2)43-22-10-9-21-41(43)42-28-27-40(31-44(42)48)47-50-45(38-19-11-17-36(29-38)33-15-7-4-8-16-33)49-46(51-47)39-20-12-18-37(30-39)35-25-23-34(24-26-35)32-13-5-3-6-14-32;1-5-18-36-30(13-1)31-14-2-6-19-37(31)43(36)29-12-9-11-27(25-29)28-23-24-39-35(26-28)32-15-3-7-20-38(32)44(39)40-21-10-17-34-33-16-4-8-22-41(33)45-42(34)40/h3-31H,1-2H3;1-26H. The van der Waals surface area contributed by atoms with Crippen LogP contribution >= 0.6 is 11.3 Å². The van der Waals surface area contributed by atoms with Crippen molar-refractivity contribution in [3.63, 3.8) is 0 Å². The lowest BCUT2D eigenvalue weighted by Crippen LogP contribution is -2.15. The van der Waals surface area contributed by atoms with Crippen molar-refractivity contribution >= 4 is 75.1 Å². The molecule has 6 heteroatoms. The second-order valence-corrected chi connectivity index (χ2v) is 26.5. The third-order valence-electron chi connectivity index (χ3n) is 19.5.